The van der Waals surface area contributed by atoms with Crippen LogP contribution in [0, 0.1) is 13.8 Å². The first-order valence-corrected chi connectivity index (χ1v) is 12.6. The number of hydrogen-bond acceptors (Lipinski definition) is 4. The average molecular weight is 465 g/mol. The van der Waals surface area contributed by atoms with E-state index in [9.17, 15) is 13.2 Å². The van der Waals surface area contributed by atoms with Crippen molar-refractivity contribution >= 4 is 48.7 Å². The molecule has 164 valence electrons. The number of fused-ring (bicyclic) bond motifs is 1. The Morgan fingerprint density at radius 1 is 0.969 bits per heavy atom. The summed E-state index contributed by atoms with van der Waals surface area (Å²) in [5.41, 5.74) is 3.34. The average Bonchev–Trinajstić information content (AvgIpc) is 3.20. The molecule has 0 spiro atoms. The minimum atomic E-state index is -3.69. The third-order valence-corrected chi connectivity index (χ3v) is 8.33. The third-order valence-electron chi connectivity index (χ3n) is 5.30. The maximum Gasteiger partial charge on any atom is 0.265 e. The lowest BCUT2D eigenvalue weighted by molar-refractivity contribution is 0.103. The van der Waals surface area contributed by atoms with E-state index >= 15 is 0 Å². The molecule has 0 radical (unpaired) electrons. The number of rotatable bonds is 6. The van der Waals surface area contributed by atoms with Gasteiger partial charge in [0.1, 0.15) is 0 Å². The fourth-order valence-electron chi connectivity index (χ4n) is 3.52. The summed E-state index contributed by atoms with van der Waals surface area (Å²) in [5.74, 6) is -0.179. The largest absolute Gasteiger partial charge is 0.321 e. The first-order valence-electron chi connectivity index (χ1n) is 10.3. The molecular formula is C25H24N2O3S2. The summed E-state index contributed by atoms with van der Waals surface area (Å²) in [6, 6.07) is 21.8. The van der Waals surface area contributed by atoms with Crippen molar-refractivity contribution in [3.8, 4) is 0 Å². The Labute approximate surface area is 192 Å². The summed E-state index contributed by atoms with van der Waals surface area (Å²) in [4.78, 5) is 13.6. The molecule has 0 fully saturated rings. The van der Waals surface area contributed by atoms with Crippen molar-refractivity contribution in [1.29, 1.82) is 0 Å². The number of carbonyl (C=O) groups is 1. The summed E-state index contributed by atoms with van der Waals surface area (Å²) < 4.78 is 28.8. The molecule has 0 aliphatic carbocycles. The topological polar surface area (TPSA) is 66.5 Å². The van der Waals surface area contributed by atoms with Crippen LogP contribution < -0.4 is 9.62 Å². The Kier molecular flexibility index (Phi) is 6.04. The second-order valence-electron chi connectivity index (χ2n) is 7.58. The first kappa shape index (κ1) is 22.0. The van der Waals surface area contributed by atoms with Crippen LogP contribution in [-0.2, 0) is 10.0 Å². The zero-order chi connectivity index (χ0) is 22.9. The molecule has 32 heavy (non-hydrogen) atoms. The van der Waals surface area contributed by atoms with Crippen LogP contribution in [0.5, 0.6) is 0 Å². The molecule has 0 atom stereocenters. The maximum atomic E-state index is 13.2. The van der Waals surface area contributed by atoms with Gasteiger partial charge in [-0.3, -0.25) is 9.10 Å². The van der Waals surface area contributed by atoms with Crippen LogP contribution >= 0.6 is 11.3 Å². The second-order valence-corrected chi connectivity index (χ2v) is 10.5. The van der Waals surface area contributed by atoms with E-state index in [2.05, 4.69) is 5.32 Å². The molecule has 3 aromatic carbocycles. The van der Waals surface area contributed by atoms with Crippen molar-refractivity contribution < 1.29 is 13.2 Å². The first-order chi connectivity index (χ1) is 15.3. The molecule has 5 nitrogen and oxygen atoms in total. The third kappa shape index (κ3) is 4.26. The van der Waals surface area contributed by atoms with Gasteiger partial charge in [-0.05, 0) is 74.2 Å². The highest BCUT2D eigenvalue weighted by Crippen LogP contribution is 2.32. The molecule has 1 aromatic heterocycles. The van der Waals surface area contributed by atoms with E-state index in [4.69, 9.17) is 0 Å². The quantitative estimate of drug-likeness (QED) is 0.381. The van der Waals surface area contributed by atoms with E-state index in [1.54, 1.807) is 30.3 Å². The lowest BCUT2D eigenvalue weighted by Crippen LogP contribution is -2.30. The number of para-hydroxylation sites is 1. The fourth-order valence-corrected chi connectivity index (χ4v) is 5.93. The van der Waals surface area contributed by atoms with Gasteiger partial charge in [0, 0.05) is 16.9 Å². The Hall–Kier alpha value is -3.16. The lowest BCUT2D eigenvalue weighted by Gasteiger charge is -2.23. The molecule has 0 aliphatic heterocycles. The number of hydrogen-bond donors (Lipinski definition) is 1. The number of nitrogens with one attached hydrogen (secondary N) is 1. The van der Waals surface area contributed by atoms with E-state index < -0.39 is 10.0 Å². The van der Waals surface area contributed by atoms with E-state index in [0.29, 0.717) is 17.1 Å². The van der Waals surface area contributed by atoms with Crippen molar-refractivity contribution in [2.24, 2.45) is 0 Å². The molecule has 0 unspecified atom stereocenters. The van der Waals surface area contributed by atoms with Crippen molar-refractivity contribution in [3.05, 3.63) is 88.8 Å². The van der Waals surface area contributed by atoms with Crippen molar-refractivity contribution in [2.45, 2.75) is 25.7 Å². The van der Waals surface area contributed by atoms with Gasteiger partial charge in [-0.2, -0.15) is 0 Å². The summed E-state index contributed by atoms with van der Waals surface area (Å²) in [5, 5.41) is 3.78. The Morgan fingerprint density at radius 2 is 1.69 bits per heavy atom. The van der Waals surface area contributed by atoms with Gasteiger partial charge in [0.25, 0.3) is 15.9 Å². The Bertz CT molecular complexity index is 1390. The molecule has 0 bridgehead atoms. The minimum absolute atomic E-state index is 0.179. The zero-order valence-corrected chi connectivity index (χ0v) is 19.8. The van der Waals surface area contributed by atoms with E-state index in [-0.39, 0.29) is 10.8 Å². The predicted octanol–water partition coefficient (Wildman–Crippen LogP) is 5.99. The molecule has 1 amide bonds. The van der Waals surface area contributed by atoms with E-state index in [1.807, 2.05) is 63.2 Å². The summed E-state index contributed by atoms with van der Waals surface area (Å²) in [6.07, 6.45) is 0. The van der Waals surface area contributed by atoms with Crippen LogP contribution in [-0.4, -0.2) is 20.9 Å². The summed E-state index contributed by atoms with van der Waals surface area (Å²) in [6.45, 7) is 5.98. The highest BCUT2D eigenvalue weighted by molar-refractivity contribution is 7.92. The molecule has 1 N–H and O–H groups in total. The van der Waals surface area contributed by atoms with Gasteiger partial charge in [-0.25, -0.2) is 8.42 Å². The lowest BCUT2D eigenvalue weighted by atomic mass is 10.2. The van der Waals surface area contributed by atoms with Crippen LogP contribution in [0.2, 0.25) is 0 Å². The molecule has 4 rings (SSSR count). The highest BCUT2D eigenvalue weighted by atomic mass is 32.2. The van der Waals surface area contributed by atoms with Crippen molar-refractivity contribution in [2.75, 3.05) is 16.2 Å². The van der Waals surface area contributed by atoms with Gasteiger partial charge >= 0.3 is 0 Å². The van der Waals surface area contributed by atoms with Gasteiger partial charge in [0.05, 0.1) is 15.5 Å². The summed E-state index contributed by atoms with van der Waals surface area (Å²) >= 11 is 1.38. The molecule has 0 saturated carbocycles. The monoisotopic (exact) mass is 464 g/mol. The molecular weight excluding hydrogens is 440 g/mol. The number of carbonyl (C=O) groups excluding carboxylic acids is 1. The number of amides is 1. The molecule has 0 saturated heterocycles. The molecule has 4 aromatic rings. The van der Waals surface area contributed by atoms with Crippen LogP contribution in [0.1, 0.15) is 27.7 Å². The van der Waals surface area contributed by atoms with Crippen LogP contribution in [0.25, 0.3) is 10.1 Å². The molecule has 7 heteroatoms. The van der Waals surface area contributed by atoms with Gasteiger partial charge < -0.3 is 5.32 Å². The number of nitrogens with zero attached hydrogens (tertiary/aromatic N) is 1. The molecule has 1 heterocycles. The second kappa shape index (κ2) is 8.76. The standard InChI is InChI=1S/C25H24N2O3S2/c1-4-27(32(29,30)21-12-9-17(2)10-13-21)20-11-14-23-19(15-20)16-24(31-23)25(28)26-22-8-6-5-7-18(22)3/h5-16H,4H2,1-3H3,(H,26,28). The number of thiophene rings is 1. The smallest absolute Gasteiger partial charge is 0.265 e. The zero-order valence-electron chi connectivity index (χ0n) is 18.1. The maximum absolute atomic E-state index is 13.2. The van der Waals surface area contributed by atoms with E-state index in [1.165, 1.54) is 15.6 Å². The highest BCUT2D eigenvalue weighted by Gasteiger charge is 2.24. The van der Waals surface area contributed by atoms with Crippen LogP contribution in [0.3, 0.4) is 0 Å². The number of benzene rings is 3. The van der Waals surface area contributed by atoms with Crippen molar-refractivity contribution in [1.82, 2.24) is 0 Å². The van der Waals surface area contributed by atoms with Crippen LogP contribution in [0.4, 0.5) is 11.4 Å². The predicted molar refractivity (Wildman–Crippen MR) is 132 cm³/mol. The Balaban J connectivity index is 1.65. The van der Waals surface area contributed by atoms with Gasteiger partial charge in [0.2, 0.25) is 0 Å². The van der Waals surface area contributed by atoms with Gasteiger partial charge in [-0.1, -0.05) is 35.9 Å². The fraction of sp³-hybridized carbons (Fsp3) is 0.160. The summed E-state index contributed by atoms with van der Waals surface area (Å²) in [7, 11) is -3.69. The number of aryl methyl sites for hydroxylation is 2. The molecule has 0 aliphatic rings. The van der Waals surface area contributed by atoms with Gasteiger partial charge in [-0.15, -0.1) is 11.3 Å². The number of sulfonamides is 1. The minimum Gasteiger partial charge on any atom is -0.321 e. The Morgan fingerprint density at radius 3 is 2.38 bits per heavy atom. The van der Waals surface area contributed by atoms with Gasteiger partial charge in [0.15, 0.2) is 0 Å². The van der Waals surface area contributed by atoms with E-state index in [0.717, 1.165) is 26.9 Å². The van der Waals surface area contributed by atoms with Crippen LogP contribution in [0.15, 0.2) is 77.7 Å². The number of anilines is 2. The SMILES string of the molecule is CCN(c1ccc2sc(C(=O)Nc3ccccc3C)cc2c1)S(=O)(=O)c1ccc(C)cc1. The van der Waals surface area contributed by atoms with Crippen molar-refractivity contribution in [3.63, 3.8) is 0 Å². The normalized spacial score (nSPS) is 11.5.